The van der Waals surface area contributed by atoms with Gasteiger partial charge in [-0.3, -0.25) is 0 Å². The van der Waals surface area contributed by atoms with E-state index in [0.717, 1.165) is 0 Å². The van der Waals surface area contributed by atoms with Crippen molar-refractivity contribution < 1.29 is 4.39 Å². The van der Waals surface area contributed by atoms with E-state index in [2.05, 4.69) is 16.0 Å². The van der Waals surface area contributed by atoms with E-state index in [1.807, 2.05) is 6.07 Å². The third-order valence-electron chi connectivity index (χ3n) is 3.19. The summed E-state index contributed by atoms with van der Waals surface area (Å²) in [4.78, 5) is 8.08. The Labute approximate surface area is 121 Å². The third kappa shape index (κ3) is 2.37. The molecule has 3 aromatic rings. The first kappa shape index (κ1) is 12.9. The van der Waals surface area contributed by atoms with Gasteiger partial charge in [-0.15, -0.1) is 0 Å². The Balaban J connectivity index is 2.34. The Morgan fingerprint density at radius 1 is 0.952 bits per heavy atom. The number of halogens is 1. The lowest BCUT2D eigenvalue weighted by atomic mass is 9.93. The van der Waals surface area contributed by atoms with Gasteiger partial charge in [0.2, 0.25) is 0 Å². The summed E-state index contributed by atoms with van der Waals surface area (Å²) in [5, 5.41) is 9.34. The van der Waals surface area contributed by atoms with Gasteiger partial charge in [0.25, 0.3) is 0 Å². The zero-order valence-electron chi connectivity index (χ0n) is 11.0. The van der Waals surface area contributed by atoms with E-state index in [9.17, 15) is 9.65 Å². The molecular formula is C17H10FN3. The number of aromatic nitrogens is 2. The molecule has 0 aliphatic rings. The molecule has 0 N–H and O–H groups in total. The van der Waals surface area contributed by atoms with Crippen LogP contribution in [-0.4, -0.2) is 9.97 Å². The smallest absolute Gasteiger partial charge is 0.131 e. The second-order valence-electron chi connectivity index (χ2n) is 4.41. The van der Waals surface area contributed by atoms with Gasteiger partial charge in [0.05, 0.1) is 17.3 Å². The number of hydrogen-bond acceptors (Lipinski definition) is 3. The van der Waals surface area contributed by atoms with E-state index >= 15 is 0 Å². The molecule has 0 unspecified atom stereocenters. The largest absolute Gasteiger partial charge is 0.245 e. The molecular weight excluding hydrogens is 265 g/mol. The molecule has 0 radical (unpaired) electrons. The second kappa shape index (κ2) is 5.51. The Kier molecular flexibility index (Phi) is 3.40. The molecule has 100 valence electrons. The fourth-order valence-corrected chi connectivity index (χ4v) is 2.26. The second-order valence-corrected chi connectivity index (χ2v) is 4.41. The third-order valence-corrected chi connectivity index (χ3v) is 3.19. The van der Waals surface area contributed by atoms with E-state index in [-0.39, 0.29) is 5.82 Å². The van der Waals surface area contributed by atoms with Crippen molar-refractivity contribution >= 4 is 0 Å². The van der Waals surface area contributed by atoms with Gasteiger partial charge in [0, 0.05) is 22.9 Å². The Hall–Kier alpha value is -3.06. The van der Waals surface area contributed by atoms with Crippen LogP contribution in [0.5, 0.6) is 0 Å². The van der Waals surface area contributed by atoms with Crippen molar-refractivity contribution in [1.29, 1.82) is 5.26 Å². The van der Waals surface area contributed by atoms with Crippen LogP contribution in [0, 0.1) is 17.1 Å². The van der Waals surface area contributed by atoms with Crippen molar-refractivity contribution in [3.63, 3.8) is 0 Å². The van der Waals surface area contributed by atoms with E-state index in [4.69, 9.17) is 0 Å². The predicted octanol–water partition coefficient (Wildman–Crippen LogP) is 3.82. The van der Waals surface area contributed by atoms with Gasteiger partial charge in [-0.1, -0.05) is 30.3 Å². The molecule has 2 aromatic carbocycles. The first-order valence-corrected chi connectivity index (χ1v) is 6.35. The summed E-state index contributed by atoms with van der Waals surface area (Å²) in [6.45, 7) is 0. The Morgan fingerprint density at radius 3 is 2.48 bits per heavy atom. The number of nitrogens with zero attached hydrogens (tertiary/aromatic N) is 3. The highest BCUT2D eigenvalue weighted by molar-refractivity contribution is 5.86. The van der Waals surface area contributed by atoms with Crippen LogP contribution in [0.2, 0.25) is 0 Å². The minimum Gasteiger partial charge on any atom is -0.245 e. The predicted molar refractivity (Wildman–Crippen MR) is 77.6 cm³/mol. The first-order chi connectivity index (χ1) is 10.3. The zero-order valence-corrected chi connectivity index (χ0v) is 11.0. The molecule has 0 spiro atoms. The molecule has 21 heavy (non-hydrogen) atoms. The van der Waals surface area contributed by atoms with Gasteiger partial charge < -0.3 is 0 Å². The van der Waals surface area contributed by atoms with Crippen LogP contribution in [0.15, 0.2) is 61.1 Å². The first-order valence-electron chi connectivity index (χ1n) is 6.35. The molecule has 3 nitrogen and oxygen atoms in total. The number of hydrogen-bond donors (Lipinski definition) is 0. The summed E-state index contributed by atoms with van der Waals surface area (Å²) < 4.78 is 14.1. The van der Waals surface area contributed by atoms with Crippen LogP contribution in [0.25, 0.3) is 22.4 Å². The molecule has 0 amide bonds. The maximum atomic E-state index is 14.1. The average molecular weight is 275 g/mol. The van der Waals surface area contributed by atoms with Crippen LogP contribution in [0.4, 0.5) is 4.39 Å². The summed E-state index contributed by atoms with van der Waals surface area (Å²) in [7, 11) is 0. The van der Waals surface area contributed by atoms with Crippen LogP contribution < -0.4 is 0 Å². The molecule has 0 aliphatic carbocycles. The molecule has 4 heteroatoms. The summed E-state index contributed by atoms with van der Waals surface area (Å²) in [5.74, 6) is -0.365. The number of rotatable bonds is 2. The van der Waals surface area contributed by atoms with Gasteiger partial charge in [0.1, 0.15) is 12.1 Å². The number of benzene rings is 2. The molecule has 3 rings (SSSR count). The van der Waals surface area contributed by atoms with Crippen LogP contribution in [-0.2, 0) is 0 Å². The Morgan fingerprint density at radius 2 is 1.76 bits per heavy atom. The Bertz CT molecular complexity index is 823. The van der Waals surface area contributed by atoms with Gasteiger partial charge in [-0.2, -0.15) is 5.26 Å². The summed E-state index contributed by atoms with van der Waals surface area (Å²) in [6.07, 6.45) is 3.05. The number of nitriles is 1. The monoisotopic (exact) mass is 275 g/mol. The standard InChI is InChI=1S/C17H10FN3/c18-15-7-2-1-5-13(15)17-12(10-19)4-3-6-14(17)16-8-9-20-11-21-16/h1-9,11H. The molecule has 1 aromatic heterocycles. The maximum absolute atomic E-state index is 14.1. The topological polar surface area (TPSA) is 49.6 Å². The maximum Gasteiger partial charge on any atom is 0.131 e. The summed E-state index contributed by atoms with van der Waals surface area (Å²) >= 11 is 0. The minimum absolute atomic E-state index is 0.365. The van der Waals surface area contributed by atoms with Gasteiger partial charge >= 0.3 is 0 Å². The molecule has 0 saturated carbocycles. The quantitative estimate of drug-likeness (QED) is 0.714. The van der Waals surface area contributed by atoms with Crippen molar-refractivity contribution in [3.05, 3.63) is 72.4 Å². The van der Waals surface area contributed by atoms with Gasteiger partial charge in [0.15, 0.2) is 0 Å². The summed E-state index contributed by atoms with van der Waals surface area (Å²) in [5.41, 5.74) is 2.72. The molecule has 0 fully saturated rings. The average Bonchev–Trinajstić information content (AvgIpc) is 2.55. The lowest BCUT2D eigenvalue weighted by molar-refractivity contribution is 0.631. The van der Waals surface area contributed by atoms with Gasteiger partial charge in [-0.25, -0.2) is 14.4 Å². The highest BCUT2D eigenvalue weighted by atomic mass is 19.1. The molecule has 1 heterocycles. The summed E-state index contributed by atoms with van der Waals surface area (Å²) in [6, 6.07) is 15.5. The van der Waals surface area contributed by atoms with E-state index in [1.165, 1.54) is 12.4 Å². The lowest BCUT2D eigenvalue weighted by Crippen LogP contribution is -1.94. The molecule has 0 atom stereocenters. The zero-order chi connectivity index (χ0) is 14.7. The highest BCUT2D eigenvalue weighted by Crippen LogP contribution is 2.34. The normalized spacial score (nSPS) is 10.1. The van der Waals surface area contributed by atoms with Gasteiger partial charge in [-0.05, 0) is 18.2 Å². The fourth-order valence-electron chi connectivity index (χ4n) is 2.26. The molecule has 0 bridgehead atoms. The van der Waals surface area contributed by atoms with Crippen molar-refractivity contribution in [1.82, 2.24) is 9.97 Å². The van der Waals surface area contributed by atoms with Crippen molar-refractivity contribution in [2.45, 2.75) is 0 Å². The van der Waals surface area contributed by atoms with E-state index in [1.54, 1.807) is 42.6 Å². The van der Waals surface area contributed by atoms with Crippen molar-refractivity contribution in [2.24, 2.45) is 0 Å². The minimum atomic E-state index is -0.365. The van der Waals surface area contributed by atoms with Crippen LogP contribution in [0.1, 0.15) is 5.56 Å². The highest BCUT2D eigenvalue weighted by Gasteiger charge is 2.15. The van der Waals surface area contributed by atoms with E-state index in [0.29, 0.717) is 27.9 Å². The van der Waals surface area contributed by atoms with Crippen molar-refractivity contribution in [3.8, 4) is 28.5 Å². The van der Waals surface area contributed by atoms with Crippen LogP contribution in [0.3, 0.4) is 0 Å². The van der Waals surface area contributed by atoms with Crippen molar-refractivity contribution in [2.75, 3.05) is 0 Å². The molecule has 0 saturated heterocycles. The van der Waals surface area contributed by atoms with Crippen LogP contribution >= 0.6 is 0 Å². The molecule has 0 aliphatic heterocycles. The SMILES string of the molecule is N#Cc1cccc(-c2ccncn2)c1-c1ccccc1F. The fraction of sp³-hybridized carbons (Fsp3) is 0. The van der Waals surface area contributed by atoms with E-state index < -0.39 is 0 Å². The lowest BCUT2D eigenvalue weighted by Gasteiger charge is -2.11.